The molecule has 1 amide bonds. The Kier molecular flexibility index (Phi) is 9.60. The van der Waals surface area contributed by atoms with Crippen molar-refractivity contribution in [2.45, 2.75) is 110 Å². The van der Waals surface area contributed by atoms with Gasteiger partial charge in [-0.25, -0.2) is 0 Å². The lowest BCUT2D eigenvalue weighted by Crippen LogP contribution is -2.46. The third kappa shape index (κ3) is 6.76. The number of aliphatic hydroxyl groups is 1. The summed E-state index contributed by atoms with van der Waals surface area (Å²) in [5.74, 6) is 0.713. The Labute approximate surface area is 207 Å². The Morgan fingerprint density at radius 2 is 1.94 bits per heavy atom. The van der Waals surface area contributed by atoms with Crippen LogP contribution in [0.25, 0.3) is 0 Å². The summed E-state index contributed by atoms with van der Waals surface area (Å²) in [5, 5.41) is 14.2. The van der Waals surface area contributed by atoms with Crippen LogP contribution in [-0.2, 0) is 23.9 Å². The van der Waals surface area contributed by atoms with E-state index < -0.39 is 11.7 Å². The quantitative estimate of drug-likeness (QED) is 0.576. The Bertz CT molecular complexity index is 847. The largest absolute Gasteiger partial charge is 0.417 e. The molecule has 2 fully saturated rings. The number of fused-ring (bicyclic) bond motifs is 1. The number of hydrogen-bond acceptors (Lipinski definition) is 4. The molecule has 2 aliphatic carbocycles. The van der Waals surface area contributed by atoms with Crippen LogP contribution < -0.4 is 5.32 Å². The summed E-state index contributed by atoms with van der Waals surface area (Å²) in [4.78, 5) is 18.9. The molecule has 0 bridgehead atoms. The van der Waals surface area contributed by atoms with Crippen LogP contribution in [0.15, 0.2) is 12.3 Å². The van der Waals surface area contributed by atoms with Crippen molar-refractivity contribution < 1.29 is 23.1 Å². The number of pyridine rings is 1. The summed E-state index contributed by atoms with van der Waals surface area (Å²) in [6, 6.07) is 1.66. The minimum atomic E-state index is -4.43. The first-order valence-corrected chi connectivity index (χ1v) is 13.4. The van der Waals surface area contributed by atoms with Gasteiger partial charge in [-0.05, 0) is 56.1 Å². The van der Waals surface area contributed by atoms with Crippen LogP contribution in [0, 0.1) is 17.8 Å². The second kappa shape index (κ2) is 12.0. The van der Waals surface area contributed by atoms with Gasteiger partial charge in [0.25, 0.3) is 0 Å². The molecular formula is C27H42F3N3O2. The van der Waals surface area contributed by atoms with E-state index in [1.807, 2.05) is 6.92 Å². The normalized spacial score (nSPS) is 29.4. The summed E-state index contributed by atoms with van der Waals surface area (Å²) in [6.07, 6.45) is 3.25. The number of halogens is 3. The molecule has 1 aromatic rings. The number of aliphatic hydroxyl groups excluding tert-OH is 1. The van der Waals surface area contributed by atoms with E-state index in [0.29, 0.717) is 30.1 Å². The number of aromatic nitrogens is 1. The van der Waals surface area contributed by atoms with E-state index in [-0.39, 0.29) is 42.5 Å². The van der Waals surface area contributed by atoms with Crippen LogP contribution >= 0.6 is 0 Å². The minimum absolute atomic E-state index is 0.0435. The van der Waals surface area contributed by atoms with Gasteiger partial charge in [-0.15, -0.1) is 0 Å². The number of nitrogens with one attached hydrogen (secondary N) is 1. The van der Waals surface area contributed by atoms with Crippen LogP contribution in [0.4, 0.5) is 13.2 Å². The highest BCUT2D eigenvalue weighted by molar-refractivity contribution is 5.79. The maximum absolute atomic E-state index is 13.2. The van der Waals surface area contributed by atoms with Gasteiger partial charge in [-0.2, -0.15) is 13.2 Å². The lowest BCUT2D eigenvalue weighted by molar-refractivity contribution is -0.138. The van der Waals surface area contributed by atoms with Crippen molar-refractivity contribution in [3.8, 4) is 0 Å². The second-order valence-corrected chi connectivity index (χ2v) is 10.6. The fourth-order valence-corrected chi connectivity index (χ4v) is 5.92. The van der Waals surface area contributed by atoms with Crippen LogP contribution in [-0.4, -0.2) is 45.6 Å². The molecule has 2 N–H and O–H groups in total. The van der Waals surface area contributed by atoms with Crippen molar-refractivity contribution in [3.05, 3.63) is 29.1 Å². The highest BCUT2D eigenvalue weighted by atomic mass is 19.4. The summed E-state index contributed by atoms with van der Waals surface area (Å²) >= 11 is 0. The summed E-state index contributed by atoms with van der Waals surface area (Å²) in [5.41, 5.74) is 0.400. The van der Waals surface area contributed by atoms with E-state index in [0.717, 1.165) is 50.8 Å². The van der Waals surface area contributed by atoms with Gasteiger partial charge in [0, 0.05) is 55.3 Å². The number of amides is 1. The lowest BCUT2D eigenvalue weighted by Gasteiger charge is -2.32. The minimum Gasteiger partial charge on any atom is -0.393 e. The molecule has 0 spiro atoms. The molecule has 0 saturated heterocycles. The smallest absolute Gasteiger partial charge is 0.393 e. The van der Waals surface area contributed by atoms with Gasteiger partial charge in [0.15, 0.2) is 0 Å². The predicted molar refractivity (Wildman–Crippen MR) is 131 cm³/mol. The predicted octanol–water partition coefficient (Wildman–Crippen LogP) is 5.35. The maximum Gasteiger partial charge on any atom is 0.417 e. The van der Waals surface area contributed by atoms with E-state index in [1.165, 1.54) is 6.42 Å². The highest BCUT2D eigenvalue weighted by Gasteiger charge is 2.41. The highest BCUT2D eigenvalue weighted by Crippen LogP contribution is 2.37. The molecule has 4 rings (SSSR count). The van der Waals surface area contributed by atoms with E-state index in [1.54, 1.807) is 4.90 Å². The van der Waals surface area contributed by atoms with Crippen LogP contribution in [0.1, 0.15) is 89.5 Å². The third-order valence-electron chi connectivity index (χ3n) is 7.83. The van der Waals surface area contributed by atoms with Gasteiger partial charge in [0.1, 0.15) is 0 Å². The van der Waals surface area contributed by atoms with Crippen molar-refractivity contribution in [3.63, 3.8) is 0 Å². The third-order valence-corrected chi connectivity index (χ3v) is 7.83. The summed E-state index contributed by atoms with van der Waals surface area (Å²) < 4.78 is 39.2. The van der Waals surface area contributed by atoms with Crippen molar-refractivity contribution in [1.82, 2.24) is 15.2 Å². The molecule has 3 aliphatic rings. The van der Waals surface area contributed by atoms with Crippen LogP contribution in [0.3, 0.4) is 0 Å². The van der Waals surface area contributed by atoms with Gasteiger partial charge in [0.2, 0.25) is 5.91 Å². The number of nitrogens with zero attached hydrogens (tertiary/aromatic N) is 2. The average Bonchev–Trinajstić information content (AvgIpc) is 3.44. The maximum atomic E-state index is 13.2. The van der Waals surface area contributed by atoms with Crippen molar-refractivity contribution in [2.24, 2.45) is 17.8 Å². The molecule has 0 radical (unpaired) electrons. The molecule has 1 aliphatic heterocycles. The van der Waals surface area contributed by atoms with Crippen LogP contribution in [0.2, 0.25) is 0 Å². The molecule has 198 valence electrons. The molecule has 5 unspecified atom stereocenters. The van der Waals surface area contributed by atoms with Crippen molar-refractivity contribution in [2.75, 3.05) is 6.54 Å². The van der Waals surface area contributed by atoms with Crippen LogP contribution in [0.5, 0.6) is 0 Å². The van der Waals surface area contributed by atoms with Crippen molar-refractivity contribution >= 4 is 5.91 Å². The molecular weight excluding hydrogens is 455 g/mol. The summed E-state index contributed by atoms with van der Waals surface area (Å²) in [7, 11) is 0. The number of carbonyl (C=O) groups is 1. The standard InChI is InChI=1S/C24H34F3N3O2.C3H8/c1-3-21(31)19-7-4-14(2)22(19)29-18-6-5-15(11-18)23(32)30-9-8-20-16(13-30)10-17(12-28-20)24(25,26)27;1-3-2/h10,12,14-15,18-19,21-22,29,31H,3-9,11,13H2,1-2H3;3H2,1-2H3/t14?,15-,18?,19?,21?,22?;/m0./s1. The Morgan fingerprint density at radius 1 is 1.23 bits per heavy atom. The number of hydrogen-bond donors (Lipinski definition) is 2. The molecule has 2 saturated carbocycles. The van der Waals surface area contributed by atoms with Gasteiger partial charge >= 0.3 is 6.18 Å². The molecule has 1 aromatic heterocycles. The topological polar surface area (TPSA) is 65.5 Å². The Morgan fingerprint density at radius 3 is 2.60 bits per heavy atom. The molecule has 5 nitrogen and oxygen atoms in total. The van der Waals surface area contributed by atoms with E-state index in [4.69, 9.17) is 0 Å². The Balaban J connectivity index is 0.00000108. The number of rotatable bonds is 5. The van der Waals surface area contributed by atoms with Gasteiger partial charge < -0.3 is 15.3 Å². The van der Waals surface area contributed by atoms with Gasteiger partial charge in [-0.1, -0.05) is 34.1 Å². The first-order chi connectivity index (χ1) is 16.6. The SMILES string of the molecule is CCC.CCC(O)C1CCC(C)C1NC1CC[C@H](C(=O)N2CCc3ncc(C(F)(F)F)cc3C2)C1. The number of alkyl halides is 3. The van der Waals surface area contributed by atoms with E-state index in [9.17, 15) is 23.1 Å². The lowest BCUT2D eigenvalue weighted by atomic mass is 9.91. The van der Waals surface area contributed by atoms with Gasteiger partial charge in [-0.3, -0.25) is 9.78 Å². The fraction of sp³-hybridized carbons (Fsp3) is 0.778. The zero-order valence-corrected chi connectivity index (χ0v) is 21.6. The molecule has 8 heteroatoms. The second-order valence-electron chi connectivity index (χ2n) is 10.6. The van der Waals surface area contributed by atoms with E-state index >= 15 is 0 Å². The summed E-state index contributed by atoms with van der Waals surface area (Å²) in [6.45, 7) is 9.19. The van der Waals surface area contributed by atoms with Crippen molar-refractivity contribution in [1.29, 1.82) is 0 Å². The molecule has 35 heavy (non-hydrogen) atoms. The zero-order valence-electron chi connectivity index (χ0n) is 21.6. The number of carbonyl (C=O) groups excluding carboxylic acids is 1. The molecule has 6 atom stereocenters. The fourth-order valence-electron chi connectivity index (χ4n) is 5.92. The Hall–Kier alpha value is -1.67. The monoisotopic (exact) mass is 497 g/mol. The molecule has 0 aromatic carbocycles. The van der Waals surface area contributed by atoms with Gasteiger partial charge in [0.05, 0.1) is 11.7 Å². The first kappa shape index (κ1) is 27.9. The average molecular weight is 498 g/mol. The first-order valence-electron chi connectivity index (χ1n) is 13.4. The zero-order chi connectivity index (χ0) is 25.8. The molecule has 2 heterocycles. The van der Waals surface area contributed by atoms with E-state index in [2.05, 4.69) is 31.1 Å².